The number of aliphatic hydroxyl groups excluding tert-OH is 1. The normalized spacial score (nSPS) is 20.0. The highest BCUT2D eigenvalue weighted by molar-refractivity contribution is 5.95. The topological polar surface area (TPSA) is 194 Å². The molecule has 0 aromatic rings. The molecule has 3 amide bonds. The van der Waals surface area contributed by atoms with Crippen LogP contribution in [-0.4, -0.2) is 81.8 Å². The van der Waals surface area contributed by atoms with E-state index in [-0.39, 0.29) is 0 Å². The number of hydrogen-bond acceptors (Lipinski definition) is 7. The van der Waals surface area contributed by atoms with Gasteiger partial charge in [0.2, 0.25) is 17.7 Å². The van der Waals surface area contributed by atoms with Gasteiger partial charge in [0.15, 0.2) is 0 Å². The first-order valence-electron chi connectivity index (χ1n) is 9.71. The lowest BCUT2D eigenvalue weighted by Gasteiger charge is -2.27. The number of rotatable bonds is 11. The van der Waals surface area contributed by atoms with Crippen LogP contribution in [0.25, 0.3) is 0 Å². The molecule has 30 heavy (non-hydrogen) atoms. The van der Waals surface area contributed by atoms with Crippen LogP contribution in [0.4, 0.5) is 0 Å². The predicted octanol–water partition coefficient (Wildman–Crippen LogP) is -2.21. The second kappa shape index (κ2) is 11.5. The Bertz CT molecular complexity index is 661. The number of nitrogens with one attached hydrogen (secondary N) is 4. The molecule has 12 nitrogen and oxygen atoms in total. The molecule has 0 aromatic heterocycles. The van der Waals surface area contributed by atoms with Gasteiger partial charge in [0.1, 0.15) is 18.1 Å². The van der Waals surface area contributed by atoms with E-state index < -0.39 is 72.3 Å². The molecule has 0 spiro atoms. The van der Waals surface area contributed by atoms with Crippen LogP contribution in [0.1, 0.15) is 40.0 Å². The lowest BCUT2D eigenvalue weighted by atomic mass is 10.0. The summed E-state index contributed by atoms with van der Waals surface area (Å²) in [6, 6.07) is -4.83. The molecular formula is C18H30N4O8. The highest BCUT2D eigenvalue weighted by Crippen LogP contribution is 2.07. The Balaban J connectivity index is 2.89. The third-order valence-electron chi connectivity index (χ3n) is 4.68. The molecule has 1 fully saturated rings. The fraction of sp³-hybridized carbons (Fsp3) is 0.722. The van der Waals surface area contributed by atoms with Crippen molar-refractivity contribution in [3.63, 3.8) is 0 Å². The van der Waals surface area contributed by atoms with Gasteiger partial charge in [-0.15, -0.1) is 0 Å². The van der Waals surface area contributed by atoms with Crippen molar-refractivity contribution >= 4 is 29.7 Å². The fourth-order valence-corrected chi connectivity index (χ4v) is 2.98. The van der Waals surface area contributed by atoms with Crippen molar-refractivity contribution in [3.05, 3.63) is 0 Å². The van der Waals surface area contributed by atoms with E-state index in [0.29, 0.717) is 13.0 Å². The molecule has 0 radical (unpaired) electrons. The van der Waals surface area contributed by atoms with Crippen LogP contribution in [0.5, 0.6) is 0 Å². The largest absolute Gasteiger partial charge is 0.481 e. The van der Waals surface area contributed by atoms with Gasteiger partial charge in [-0.05, 0) is 32.2 Å². The van der Waals surface area contributed by atoms with Crippen molar-refractivity contribution in [1.82, 2.24) is 21.3 Å². The summed E-state index contributed by atoms with van der Waals surface area (Å²) >= 11 is 0. The maximum atomic E-state index is 12.6. The molecule has 5 atom stereocenters. The van der Waals surface area contributed by atoms with E-state index in [1.807, 2.05) is 0 Å². The van der Waals surface area contributed by atoms with Gasteiger partial charge in [0.25, 0.3) is 0 Å². The molecule has 170 valence electrons. The van der Waals surface area contributed by atoms with Crippen molar-refractivity contribution in [3.8, 4) is 0 Å². The minimum Gasteiger partial charge on any atom is -0.481 e. The number of aliphatic hydroxyl groups is 1. The average Bonchev–Trinajstić information content (AvgIpc) is 3.16. The third-order valence-corrected chi connectivity index (χ3v) is 4.68. The van der Waals surface area contributed by atoms with E-state index in [2.05, 4.69) is 21.3 Å². The smallest absolute Gasteiger partial charge is 0.326 e. The van der Waals surface area contributed by atoms with Crippen molar-refractivity contribution in [2.45, 2.75) is 70.3 Å². The molecule has 0 aromatic carbocycles. The van der Waals surface area contributed by atoms with Gasteiger partial charge in [-0.3, -0.25) is 19.2 Å². The third kappa shape index (κ3) is 7.59. The first kappa shape index (κ1) is 25.3. The van der Waals surface area contributed by atoms with Crippen LogP contribution < -0.4 is 21.3 Å². The zero-order valence-electron chi connectivity index (χ0n) is 17.2. The minimum atomic E-state index is -1.55. The first-order chi connectivity index (χ1) is 13.9. The molecule has 0 saturated carbocycles. The molecule has 0 bridgehead atoms. The van der Waals surface area contributed by atoms with Crippen LogP contribution >= 0.6 is 0 Å². The van der Waals surface area contributed by atoms with E-state index >= 15 is 0 Å². The maximum Gasteiger partial charge on any atom is 0.326 e. The van der Waals surface area contributed by atoms with Crippen LogP contribution in [0.15, 0.2) is 0 Å². The van der Waals surface area contributed by atoms with E-state index in [1.165, 1.54) is 6.92 Å². The lowest BCUT2D eigenvalue weighted by molar-refractivity contribution is -0.145. The van der Waals surface area contributed by atoms with Gasteiger partial charge < -0.3 is 36.6 Å². The summed E-state index contributed by atoms with van der Waals surface area (Å²) in [6.45, 7) is 4.98. The Morgan fingerprint density at radius 3 is 2.00 bits per heavy atom. The second-order valence-electron chi connectivity index (χ2n) is 7.60. The number of carboxylic acids is 2. The SMILES string of the molecule is CC(C)C(NC(=O)C(NC(=O)C(CC(=O)O)NC(=O)C1CCCN1)C(C)O)C(=O)O. The minimum absolute atomic E-state index is 0.463. The van der Waals surface area contributed by atoms with Gasteiger partial charge in [-0.1, -0.05) is 13.8 Å². The van der Waals surface area contributed by atoms with E-state index in [0.717, 1.165) is 6.42 Å². The Hall–Kier alpha value is -2.73. The van der Waals surface area contributed by atoms with Crippen LogP contribution in [0.2, 0.25) is 0 Å². The lowest BCUT2D eigenvalue weighted by Crippen LogP contribution is -2.60. The summed E-state index contributed by atoms with van der Waals surface area (Å²) in [7, 11) is 0. The van der Waals surface area contributed by atoms with Crippen molar-refractivity contribution in [2.75, 3.05) is 6.54 Å². The number of hydrogen-bond donors (Lipinski definition) is 7. The molecule has 1 heterocycles. The fourth-order valence-electron chi connectivity index (χ4n) is 2.98. The molecule has 1 aliphatic rings. The maximum absolute atomic E-state index is 12.6. The quantitative estimate of drug-likeness (QED) is 0.190. The zero-order chi connectivity index (χ0) is 23.0. The summed E-state index contributed by atoms with van der Waals surface area (Å²) in [5.74, 6) is -5.57. The standard InChI is InChI=1S/C18H30N4O8/c1-8(2)13(18(29)30)21-17(28)14(9(3)23)22-16(27)11(7-12(24)25)20-15(26)10-5-4-6-19-10/h8-11,13-14,19,23H,4-7H2,1-3H3,(H,20,26)(H,21,28)(H,22,27)(H,24,25)(H,29,30). The monoisotopic (exact) mass is 430 g/mol. The zero-order valence-corrected chi connectivity index (χ0v) is 17.2. The number of amides is 3. The highest BCUT2D eigenvalue weighted by Gasteiger charge is 2.34. The molecule has 5 unspecified atom stereocenters. The van der Waals surface area contributed by atoms with E-state index in [4.69, 9.17) is 5.11 Å². The Morgan fingerprint density at radius 1 is 0.967 bits per heavy atom. The average molecular weight is 430 g/mol. The summed E-state index contributed by atoms with van der Waals surface area (Å²) in [5, 5.41) is 37.9. The molecule has 1 rings (SSSR count). The molecule has 1 aliphatic heterocycles. The predicted molar refractivity (Wildman–Crippen MR) is 103 cm³/mol. The molecule has 0 aliphatic carbocycles. The molecular weight excluding hydrogens is 400 g/mol. The first-order valence-corrected chi connectivity index (χ1v) is 9.71. The van der Waals surface area contributed by atoms with Gasteiger partial charge in [-0.2, -0.15) is 0 Å². The van der Waals surface area contributed by atoms with Gasteiger partial charge in [0, 0.05) is 0 Å². The Kier molecular flexibility index (Phi) is 9.66. The van der Waals surface area contributed by atoms with E-state index in [9.17, 15) is 34.2 Å². The Labute approximate surface area is 173 Å². The molecule has 7 N–H and O–H groups in total. The van der Waals surface area contributed by atoms with Crippen LogP contribution in [0, 0.1) is 5.92 Å². The van der Waals surface area contributed by atoms with Gasteiger partial charge in [-0.25, -0.2) is 4.79 Å². The number of carbonyl (C=O) groups is 5. The summed E-state index contributed by atoms with van der Waals surface area (Å²) in [5.41, 5.74) is 0. The molecule has 1 saturated heterocycles. The van der Waals surface area contributed by atoms with Gasteiger partial charge >= 0.3 is 11.9 Å². The second-order valence-corrected chi connectivity index (χ2v) is 7.60. The number of aliphatic carboxylic acids is 2. The Morgan fingerprint density at radius 2 is 1.57 bits per heavy atom. The van der Waals surface area contributed by atoms with E-state index in [1.54, 1.807) is 13.8 Å². The van der Waals surface area contributed by atoms with Crippen LogP contribution in [0.3, 0.4) is 0 Å². The number of carbonyl (C=O) groups excluding carboxylic acids is 3. The summed E-state index contributed by atoms with van der Waals surface area (Å²) < 4.78 is 0. The summed E-state index contributed by atoms with van der Waals surface area (Å²) in [4.78, 5) is 59.7. The van der Waals surface area contributed by atoms with Crippen molar-refractivity contribution in [1.29, 1.82) is 0 Å². The molecule has 12 heteroatoms. The van der Waals surface area contributed by atoms with Crippen molar-refractivity contribution < 1.29 is 39.3 Å². The summed E-state index contributed by atoms with van der Waals surface area (Å²) in [6.07, 6.45) is -0.841. The van der Waals surface area contributed by atoms with Gasteiger partial charge in [0.05, 0.1) is 18.6 Å². The van der Waals surface area contributed by atoms with Crippen molar-refractivity contribution in [2.24, 2.45) is 5.92 Å². The highest BCUT2D eigenvalue weighted by atomic mass is 16.4. The number of carboxylic acid groups (broad SMARTS) is 2. The van der Waals surface area contributed by atoms with Crippen LogP contribution in [-0.2, 0) is 24.0 Å².